The number of hydrogen-bond acceptors (Lipinski definition) is 5. The van der Waals surface area contributed by atoms with Crippen LogP contribution in [0.15, 0.2) is 52.6 Å². The Morgan fingerprint density at radius 2 is 2.03 bits per heavy atom. The summed E-state index contributed by atoms with van der Waals surface area (Å²) in [7, 11) is 0. The molecular weight excluding hydrogens is 403 g/mol. The molecule has 3 heterocycles. The van der Waals surface area contributed by atoms with Gasteiger partial charge in [0.05, 0.1) is 22.7 Å². The van der Waals surface area contributed by atoms with Gasteiger partial charge in [-0.25, -0.2) is 14.3 Å². The predicted octanol–water partition coefficient (Wildman–Crippen LogP) is 1.93. The summed E-state index contributed by atoms with van der Waals surface area (Å²) in [6, 6.07) is 7.02. The van der Waals surface area contributed by atoms with Crippen LogP contribution in [0.4, 0.5) is 9.18 Å². The first kappa shape index (κ1) is 19.5. The number of ether oxygens (including phenoxy) is 1. The standard InChI is InChI=1S/C22H21FN4O4/c23-18-6-5-13(10-19-15-3-1-2-4-16(15)20(28)25-24-19)9-17(18)21(29)26-7-8-27-14(11-26)12-31-22(27)30/h1-4,6,9,13-14H,5,7-8,10-12H2,(H,25,28). The second-order valence-electron chi connectivity index (χ2n) is 8.05. The van der Waals surface area contributed by atoms with Crippen LogP contribution in [0.1, 0.15) is 12.1 Å². The number of rotatable bonds is 3. The molecule has 31 heavy (non-hydrogen) atoms. The van der Waals surface area contributed by atoms with Crippen LogP contribution in [0, 0.1) is 5.92 Å². The Bertz CT molecular complexity index is 1190. The van der Waals surface area contributed by atoms with E-state index < -0.39 is 5.83 Å². The van der Waals surface area contributed by atoms with Crippen LogP contribution in [-0.2, 0) is 16.0 Å². The Morgan fingerprint density at radius 1 is 1.23 bits per heavy atom. The molecule has 2 saturated heterocycles. The minimum atomic E-state index is -0.526. The first-order chi connectivity index (χ1) is 15.0. The first-order valence-corrected chi connectivity index (χ1v) is 10.3. The zero-order valence-electron chi connectivity index (χ0n) is 16.7. The minimum absolute atomic E-state index is 0.0451. The van der Waals surface area contributed by atoms with E-state index in [1.807, 2.05) is 12.1 Å². The number of aromatic amines is 1. The van der Waals surface area contributed by atoms with Crippen molar-refractivity contribution in [3.05, 3.63) is 63.9 Å². The third kappa shape index (κ3) is 3.49. The van der Waals surface area contributed by atoms with Crippen molar-refractivity contribution in [1.82, 2.24) is 20.0 Å². The van der Waals surface area contributed by atoms with E-state index in [2.05, 4.69) is 10.2 Å². The maximum Gasteiger partial charge on any atom is 0.410 e. The summed E-state index contributed by atoms with van der Waals surface area (Å²) in [4.78, 5) is 39.9. The number of halogens is 1. The number of aromatic nitrogens is 2. The number of fused-ring (bicyclic) bond motifs is 2. The van der Waals surface area contributed by atoms with Crippen LogP contribution in [0.5, 0.6) is 0 Å². The van der Waals surface area contributed by atoms with Gasteiger partial charge in [-0.3, -0.25) is 14.5 Å². The monoisotopic (exact) mass is 424 g/mol. The van der Waals surface area contributed by atoms with Crippen LogP contribution in [0.3, 0.4) is 0 Å². The van der Waals surface area contributed by atoms with E-state index in [4.69, 9.17) is 4.74 Å². The third-order valence-corrected chi connectivity index (χ3v) is 6.12. The van der Waals surface area contributed by atoms with Crippen LogP contribution in [0.2, 0.25) is 0 Å². The van der Waals surface area contributed by atoms with Gasteiger partial charge in [-0.1, -0.05) is 24.3 Å². The fraction of sp³-hybridized carbons (Fsp3) is 0.364. The van der Waals surface area contributed by atoms with Gasteiger partial charge < -0.3 is 9.64 Å². The molecule has 0 radical (unpaired) electrons. The highest BCUT2D eigenvalue weighted by molar-refractivity contribution is 5.97. The van der Waals surface area contributed by atoms with Gasteiger partial charge in [0, 0.05) is 25.0 Å². The maximum atomic E-state index is 14.6. The number of carbonyl (C=O) groups excluding carboxylic acids is 2. The topological polar surface area (TPSA) is 95.6 Å². The molecule has 2 unspecified atom stereocenters. The van der Waals surface area contributed by atoms with Crippen molar-refractivity contribution >= 4 is 22.8 Å². The summed E-state index contributed by atoms with van der Waals surface area (Å²) in [5.74, 6) is -1.03. The Kier molecular flexibility index (Phi) is 4.80. The maximum absolute atomic E-state index is 14.6. The summed E-state index contributed by atoms with van der Waals surface area (Å²) in [5.41, 5.74) is 0.492. The molecule has 2 amide bonds. The number of hydrogen-bond donors (Lipinski definition) is 1. The average Bonchev–Trinajstić information content (AvgIpc) is 3.17. The molecule has 2 atom stereocenters. The molecule has 1 N–H and O–H groups in total. The lowest BCUT2D eigenvalue weighted by atomic mass is 9.89. The quantitative estimate of drug-likeness (QED) is 0.812. The molecule has 1 aromatic heterocycles. The summed E-state index contributed by atoms with van der Waals surface area (Å²) in [6.45, 7) is 1.29. The molecule has 2 aromatic rings. The molecule has 3 aliphatic rings. The van der Waals surface area contributed by atoms with E-state index in [9.17, 15) is 18.8 Å². The number of piperazine rings is 1. The second-order valence-corrected chi connectivity index (χ2v) is 8.05. The Morgan fingerprint density at radius 3 is 2.87 bits per heavy atom. The van der Waals surface area contributed by atoms with E-state index in [0.29, 0.717) is 43.6 Å². The zero-order valence-corrected chi connectivity index (χ0v) is 16.7. The molecular formula is C22H21FN4O4. The van der Waals surface area contributed by atoms with E-state index in [-0.39, 0.29) is 41.7 Å². The van der Waals surface area contributed by atoms with Crippen LogP contribution in [0.25, 0.3) is 10.8 Å². The number of allylic oxidation sites excluding steroid dienone is 2. The summed E-state index contributed by atoms with van der Waals surface area (Å²) in [6.07, 6.45) is 3.65. The Balaban J connectivity index is 1.36. The molecule has 2 fully saturated rings. The number of nitrogens with one attached hydrogen (secondary N) is 1. The zero-order chi connectivity index (χ0) is 21.5. The number of H-pyrrole nitrogens is 1. The molecule has 0 saturated carbocycles. The number of carbonyl (C=O) groups is 2. The van der Waals surface area contributed by atoms with Crippen LogP contribution < -0.4 is 5.56 Å². The third-order valence-electron chi connectivity index (χ3n) is 6.12. The summed E-state index contributed by atoms with van der Waals surface area (Å²) in [5, 5.41) is 8.02. The van der Waals surface area contributed by atoms with E-state index in [1.54, 1.807) is 28.0 Å². The lowest BCUT2D eigenvalue weighted by molar-refractivity contribution is -0.129. The van der Waals surface area contributed by atoms with Gasteiger partial charge in [-0.05, 0) is 30.9 Å². The molecule has 160 valence electrons. The highest BCUT2D eigenvalue weighted by Gasteiger charge is 2.39. The smallest absolute Gasteiger partial charge is 0.410 e. The van der Waals surface area contributed by atoms with E-state index in [1.165, 1.54) is 6.08 Å². The number of cyclic esters (lactones) is 1. The molecule has 2 aliphatic heterocycles. The molecule has 0 spiro atoms. The van der Waals surface area contributed by atoms with Gasteiger partial charge >= 0.3 is 6.09 Å². The molecule has 1 aliphatic carbocycles. The van der Waals surface area contributed by atoms with Gasteiger partial charge in [0.2, 0.25) is 0 Å². The summed E-state index contributed by atoms with van der Waals surface area (Å²) >= 11 is 0. The van der Waals surface area contributed by atoms with Gasteiger partial charge in [0.15, 0.2) is 0 Å². The molecule has 8 nitrogen and oxygen atoms in total. The van der Waals surface area contributed by atoms with Crippen molar-refractivity contribution in [2.45, 2.75) is 18.9 Å². The highest BCUT2D eigenvalue weighted by Crippen LogP contribution is 2.30. The lowest BCUT2D eigenvalue weighted by Crippen LogP contribution is -2.54. The van der Waals surface area contributed by atoms with Crippen molar-refractivity contribution in [3.63, 3.8) is 0 Å². The van der Waals surface area contributed by atoms with Crippen LogP contribution in [-0.4, -0.2) is 64.3 Å². The normalized spacial score (nSPS) is 23.3. The highest BCUT2D eigenvalue weighted by atomic mass is 19.1. The predicted molar refractivity (Wildman–Crippen MR) is 110 cm³/mol. The number of benzene rings is 1. The first-order valence-electron chi connectivity index (χ1n) is 10.3. The number of nitrogens with zero attached hydrogens (tertiary/aromatic N) is 3. The molecule has 9 heteroatoms. The molecule has 5 rings (SSSR count). The van der Waals surface area contributed by atoms with Crippen molar-refractivity contribution in [2.24, 2.45) is 5.92 Å². The van der Waals surface area contributed by atoms with Gasteiger partial charge in [0.25, 0.3) is 11.5 Å². The Labute approximate surface area is 177 Å². The van der Waals surface area contributed by atoms with Crippen molar-refractivity contribution in [2.75, 3.05) is 26.2 Å². The fourth-order valence-corrected chi connectivity index (χ4v) is 4.48. The van der Waals surface area contributed by atoms with Crippen molar-refractivity contribution in [3.8, 4) is 0 Å². The summed E-state index contributed by atoms with van der Waals surface area (Å²) < 4.78 is 19.6. The van der Waals surface area contributed by atoms with Gasteiger partial charge in [-0.2, -0.15) is 5.10 Å². The second kappa shape index (κ2) is 7.64. The average molecular weight is 424 g/mol. The molecule has 0 bridgehead atoms. The van der Waals surface area contributed by atoms with Crippen molar-refractivity contribution in [1.29, 1.82) is 0 Å². The van der Waals surface area contributed by atoms with E-state index in [0.717, 1.165) is 5.39 Å². The SMILES string of the molecule is O=C(C1=CC(Cc2n[nH]c(=O)c3ccccc23)CC=C1F)N1CCN2C(=O)OCC2C1. The number of amides is 2. The van der Waals surface area contributed by atoms with Crippen molar-refractivity contribution < 1.29 is 18.7 Å². The Hall–Kier alpha value is -3.49. The largest absolute Gasteiger partial charge is 0.447 e. The molecule has 1 aromatic carbocycles. The van der Waals surface area contributed by atoms with Gasteiger partial charge in [-0.15, -0.1) is 0 Å². The fourth-order valence-electron chi connectivity index (χ4n) is 4.48. The lowest BCUT2D eigenvalue weighted by Gasteiger charge is -2.36. The minimum Gasteiger partial charge on any atom is -0.447 e. The van der Waals surface area contributed by atoms with Crippen LogP contribution >= 0.6 is 0 Å². The van der Waals surface area contributed by atoms with Gasteiger partial charge in [0.1, 0.15) is 12.4 Å². The van der Waals surface area contributed by atoms with E-state index >= 15 is 0 Å².